The molecule has 0 aromatic heterocycles. The van der Waals surface area contributed by atoms with Crippen LogP contribution in [0.1, 0.15) is 12.5 Å². The molecule has 0 unspecified atom stereocenters. The van der Waals surface area contributed by atoms with Crippen LogP contribution < -0.4 is 19.5 Å². The van der Waals surface area contributed by atoms with Crippen molar-refractivity contribution in [3.63, 3.8) is 0 Å². The van der Waals surface area contributed by atoms with Crippen LogP contribution in [0.3, 0.4) is 0 Å². The van der Waals surface area contributed by atoms with Crippen molar-refractivity contribution in [2.24, 2.45) is 0 Å². The lowest BCUT2D eigenvalue weighted by molar-refractivity contribution is -0.111. The molecule has 0 aliphatic heterocycles. The van der Waals surface area contributed by atoms with E-state index in [0.29, 0.717) is 29.5 Å². The molecular weight excluding hydrogens is 306 g/mol. The van der Waals surface area contributed by atoms with Crippen molar-refractivity contribution in [1.82, 2.24) is 0 Å². The number of para-hydroxylation sites is 1. The summed E-state index contributed by atoms with van der Waals surface area (Å²) in [6.45, 7) is 2.45. The van der Waals surface area contributed by atoms with E-state index in [9.17, 15) is 4.79 Å². The molecule has 0 aliphatic rings. The Morgan fingerprint density at radius 3 is 2.50 bits per heavy atom. The summed E-state index contributed by atoms with van der Waals surface area (Å²) in [5.41, 5.74) is 1.46. The van der Waals surface area contributed by atoms with E-state index < -0.39 is 0 Å². The largest absolute Gasteiger partial charge is 0.496 e. The highest BCUT2D eigenvalue weighted by Crippen LogP contribution is 2.30. The van der Waals surface area contributed by atoms with Crippen LogP contribution in [0.15, 0.2) is 48.5 Å². The van der Waals surface area contributed by atoms with E-state index >= 15 is 0 Å². The number of methoxy groups -OCH3 is 2. The van der Waals surface area contributed by atoms with Gasteiger partial charge in [0.05, 0.1) is 20.8 Å². The van der Waals surface area contributed by atoms with Crippen LogP contribution in [0.5, 0.6) is 17.2 Å². The zero-order valence-corrected chi connectivity index (χ0v) is 14.0. The average molecular weight is 327 g/mol. The van der Waals surface area contributed by atoms with E-state index in [1.165, 1.54) is 6.08 Å². The van der Waals surface area contributed by atoms with Crippen molar-refractivity contribution in [2.75, 3.05) is 26.1 Å². The number of amides is 1. The average Bonchev–Trinajstić information content (AvgIpc) is 2.61. The van der Waals surface area contributed by atoms with Crippen molar-refractivity contribution in [1.29, 1.82) is 0 Å². The Bertz CT molecular complexity index is 725. The Kier molecular flexibility index (Phi) is 6.25. The molecule has 0 saturated carbocycles. The maximum Gasteiger partial charge on any atom is 0.248 e. The van der Waals surface area contributed by atoms with E-state index in [0.717, 1.165) is 5.56 Å². The Labute approximate surface area is 141 Å². The monoisotopic (exact) mass is 327 g/mol. The maximum atomic E-state index is 12.1. The Hall–Kier alpha value is -2.95. The fraction of sp³-hybridized carbons (Fsp3) is 0.211. The van der Waals surface area contributed by atoms with Gasteiger partial charge in [-0.05, 0) is 31.2 Å². The first-order valence-corrected chi connectivity index (χ1v) is 7.60. The number of nitrogens with one attached hydrogen (secondary N) is 1. The predicted octanol–water partition coefficient (Wildman–Crippen LogP) is 3.75. The highest BCUT2D eigenvalue weighted by atomic mass is 16.5. The fourth-order valence-corrected chi connectivity index (χ4v) is 2.17. The highest BCUT2D eigenvalue weighted by Gasteiger charge is 2.07. The van der Waals surface area contributed by atoms with E-state index in [2.05, 4.69) is 5.32 Å². The molecule has 0 radical (unpaired) electrons. The second-order valence-corrected chi connectivity index (χ2v) is 4.86. The smallest absolute Gasteiger partial charge is 0.248 e. The summed E-state index contributed by atoms with van der Waals surface area (Å²) < 4.78 is 16.0. The molecule has 5 heteroatoms. The van der Waals surface area contributed by atoms with Crippen LogP contribution in [-0.4, -0.2) is 26.7 Å². The highest BCUT2D eigenvalue weighted by molar-refractivity contribution is 6.02. The molecule has 0 heterocycles. The minimum atomic E-state index is -0.243. The normalized spacial score (nSPS) is 10.5. The standard InChI is InChI=1S/C19H21NO4/c1-4-24-17-11-10-15(13-18(17)23-3)20-19(21)12-9-14-7-5-6-8-16(14)22-2/h5-13H,4H2,1-3H3,(H,20,21)/b12-9+. The molecule has 0 saturated heterocycles. The molecule has 0 aliphatic carbocycles. The molecular formula is C19H21NO4. The van der Waals surface area contributed by atoms with Crippen LogP contribution >= 0.6 is 0 Å². The van der Waals surface area contributed by atoms with Crippen LogP contribution in [0, 0.1) is 0 Å². The second kappa shape index (κ2) is 8.62. The quantitative estimate of drug-likeness (QED) is 0.787. The lowest BCUT2D eigenvalue weighted by Crippen LogP contribution is -2.08. The van der Waals surface area contributed by atoms with Gasteiger partial charge in [0.15, 0.2) is 11.5 Å². The first-order valence-electron chi connectivity index (χ1n) is 7.60. The van der Waals surface area contributed by atoms with Gasteiger partial charge in [-0.3, -0.25) is 4.79 Å². The zero-order valence-electron chi connectivity index (χ0n) is 14.0. The number of anilines is 1. The zero-order chi connectivity index (χ0) is 17.4. The predicted molar refractivity (Wildman–Crippen MR) is 94.8 cm³/mol. The second-order valence-electron chi connectivity index (χ2n) is 4.86. The molecule has 0 spiro atoms. The van der Waals surface area contributed by atoms with Gasteiger partial charge in [-0.25, -0.2) is 0 Å². The summed E-state index contributed by atoms with van der Waals surface area (Å²) in [4.78, 5) is 12.1. The van der Waals surface area contributed by atoms with Crippen LogP contribution in [0.2, 0.25) is 0 Å². The number of ether oxygens (including phenoxy) is 3. The van der Waals surface area contributed by atoms with Gasteiger partial charge in [-0.2, -0.15) is 0 Å². The molecule has 1 N–H and O–H groups in total. The van der Waals surface area contributed by atoms with Crippen molar-refractivity contribution in [3.8, 4) is 17.2 Å². The number of benzene rings is 2. The van der Waals surface area contributed by atoms with E-state index in [-0.39, 0.29) is 5.91 Å². The van der Waals surface area contributed by atoms with E-state index in [1.54, 1.807) is 38.5 Å². The number of carbonyl (C=O) groups excluding carboxylic acids is 1. The molecule has 2 rings (SSSR count). The molecule has 24 heavy (non-hydrogen) atoms. The molecule has 0 bridgehead atoms. The summed E-state index contributed by atoms with van der Waals surface area (Å²) in [5, 5.41) is 2.79. The summed E-state index contributed by atoms with van der Waals surface area (Å²) in [5.74, 6) is 1.68. The molecule has 1 amide bonds. The van der Waals surface area contributed by atoms with Gasteiger partial charge in [0.25, 0.3) is 0 Å². The van der Waals surface area contributed by atoms with Gasteiger partial charge in [0.2, 0.25) is 5.91 Å². The molecule has 0 fully saturated rings. The first kappa shape index (κ1) is 17.4. The van der Waals surface area contributed by atoms with Crippen LogP contribution in [-0.2, 0) is 4.79 Å². The van der Waals surface area contributed by atoms with Gasteiger partial charge in [-0.15, -0.1) is 0 Å². The van der Waals surface area contributed by atoms with Crippen molar-refractivity contribution < 1.29 is 19.0 Å². The SMILES string of the molecule is CCOc1ccc(NC(=O)/C=C/c2ccccc2OC)cc1OC. The number of rotatable bonds is 7. The minimum Gasteiger partial charge on any atom is -0.496 e. The molecule has 2 aromatic rings. The molecule has 126 valence electrons. The minimum absolute atomic E-state index is 0.243. The van der Waals surface area contributed by atoms with E-state index in [1.807, 2.05) is 31.2 Å². The summed E-state index contributed by atoms with van der Waals surface area (Å²) in [6.07, 6.45) is 3.17. The third-order valence-corrected chi connectivity index (χ3v) is 3.28. The Balaban J connectivity index is 2.08. The van der Waals surface area contributed by atoms with Crippen LogP contribution in [0.25, 0.3) is 6.08 Å². The topological polar surface area (TPSA) is 56.8 Å². The maximum absolute atomic E-state index is 12.1. The summed E-state index contributed by atoms with van der Waals surface area (Å²) in [6, 6.07) is 12.7. The lowest BCUT2D eigenvalue weighted by Gasteiger charge is -2.11. The summed E-state index contributed by atoms with van der Waals surface area (Å²) >= 11 is 0. The number of hydrogen-bond donors (Lipinski definition) is 1. The third kappa shape index (κ3) is 4.52. The lowest BCUT2D eigenvalue weighted by atomic mass is 10.2. The summed E-state index contributed by atoms with van der Waals surface area (Å²) in [7, 11) is 3.16. The van der Waals surface area contributed by atoms with Gasteiger partial charge < -0.3 is 19.5 Å². The van der Waals surface area contributed by atoms with Gasteiger partial charge >= 0.3 is 0 Å². The number of hydrogen-bond acceptors (Lipinski definition) is 4. The van der Waals surface area contributed by atoms with Gasteiger partial charge in [-0.1, -0.05) is 18.2 Å². The molecule has 5 nitrogen and oxygen atoms in total. The Morgan fingerprint density at radius 1 is 1.04 bits per heavy atom. The number of carbonyl (C=O) groups is 1. The van der Waals surface area contributed by atoms with Crippen molar-refractivity contribution in [3.05, 3.63) is 54.1 Å². The molecule has 0 atom stereocenters. The third-order valence-electron chi connectivity index (χ3n) is 3.28. The van der Waals surface area contributed by atoms with Gasteiger partial charge in [0, 0.05) is 23.4 Å². The Morgan fingerprint density at radius 2 is 1.79 bits per heavy atom. The first-order chi connectivity index (χ1) is 11.7. The fourth-order valence-electron chi connectivity index (χ4n) is 2.17. The van der Waals surface area contributed by atoms with Gasteiger partial charge in [0.1, 0.15) is 5.75 Å². The van der Waals surface area contributed by atoms with E-state index in [4.69, 9.17) is 14.2 Å². The van der Waals surface area contributed by atoms with Crippen LogP contribution in [0.4, 0.5) is 5.69 Å². The van der Waals surface area contributed by atoms with Crippen molar-refractivity contribution in [2.45, 2.75) is 6.92 Å². The van der Waals surface area contributed by atoms with Crippen molar-refractivity contribution >= 4 is 17.7 Å². The molecule has 2 aromatic carbocycles.